The molecule has 2 aromatic carbocycles. The van der Waals surface area contributed by atoms with Crippen LogP contribution >= 0.6 is 0 Å². The number of aliphatic hydroxyl groups is 1. The molecule has 0 bridgehead atoms. The minimum absolute atomic E-state index is 0.0393. The number of nitrogens with two attached hydrogens (primary N) is 1. The molecular formula is C22H24FN5O4S. The van der Waals surface area contributed by atoms with Crippen LogP contribution in [0.4, 0.5) is 20.7 Å². The number of nitrogens with one attached hydrogen (secondary N) is 2. The Balaban J connectivity index is 1.92. The van der Waals surface area contributed by atoms with Crippen LogP contribution in [-0.2, 0) is 14.6 Å². The number of halogens is 1. The van der Waals surface area contributed by atoms with Crippen LogP contribution in [0, 0.1) is 5.82 Å². The van der Waals surface area contributed by atoms with Crippen molar-refractivity contribution < 1.29 is 22.7 Å². The average Bonchev–Trinajstić information content (AvgIpc) is 2.78. The van der Waals surface area contributed by atoms with E-state index in [4.69, 9.17) is 10.8 Å². The van der Waals surface area contributed by atoms with Gasteiger partial charge in [-0.3, -0.25) is 0 Å². The van der Waals surface area contributed by atoms with Gasteiger partial charge in [-0.05, 0) is 62.4 Å². The molecule has 3 rings (SSSR count). The van der Waals surface area contributed by atoms with Gasteiger partial charge in [0.15, 0.2) is 15.7 Å². The Bertz CT molecular complexity index is 1250. The molecule has 0 fully saturated rings. The molecule has 0 spiro atoms. The molecule has 9 nitrogen and oxygen atoms in total. The summed E-state index contributed by atoms with van der Waals surface area (Å²) >= 11 is 0. The van der Waals surface area contributed by atoms with Gasteiger partial charge in [-0.15, -0.1) is 0 Å². The summed E-state index contributed by atoms with van der Waals surface area (Å²) in [7, 11) is -3.94. The van der Waals surface area contributed by atoms with Crippen molar-refractivity contribution in [2.24, 2.45) is 0 Å². The van der Waals surface area contributed by atoms with Crippen LogP contribution in [0.2, 0.25) is 0 Å². The van der Waals surface area contributed by atoms with E-state index in [0.717, 1.165) is 12.1 Å². The molecule has 11 heteroatoms. The summed E-state index contributed by atoms with van der Waals surface area (Å²) in [6.45, 7) is 2.94. The lowest BCUT2D eigenvalue weighted by molar-refractivity contribution is 0.245. The van der Waals surface area contributed by atoms with Crippen LogP contribution in [0.25, 0.3) is 11.4 Å². The van der Waals surface area contributed by atoms with Crippen molar-refractivity contribution in [3.05, 3.63) is 66.1 Å². The van der Waals surface area contributed by atoms with Gasteiger partial charge in [0.1, 0.15) is 16.4 Å². The number of aromatic nitrogens is 2. The zero-order valence-electron chi connectivity index (χ0n) is 18.0. The van der Waals surface area contributed by atoms with Crippen LogP contribution in [0.1, 0.15) is 19.5 Å². The summed E-state index contributed by atoms with van der Waals surface area (Å²) < 4.78 is 38.3. The smallest absolute Gasteiger partial charge is 0.319 e. The standard InChI is InChI=1S/C22H24FN5O4S/c1-22(2,33(31,32)17-9-5-15(23)6-10-17)18-13-19(24)28-20(27-18)14-3-7-16(8-4-14)26-21(30)25-11-12-29/h3-10,13,29H,11-12H2,1-2H3,(H2,24,27,28)(H2,25,26,30). The minimum atomic E-state index is -3.94. The third kappa shape index (κ3) is 5.26. The van der Waals surface area contributed by atoms with Crippen molar-refractivity contribution in [2.75, 3.05) is 24.2 Å². The molecular weight excluding hydrogens is 449 g/mol. The number of hydrogen-bond donors (Lipinski definition) is 4. The second-order valence-electron chi connectivity index (χ2n) is 7.65. The number of carbonyl (C=O) groups is 1. The molecule has 2 amide bonds. The lowest BCUT2D eigenvalue weighted by atomic mass is 10.1. The van der Waals surface area contributed by atoms with E-state index in [-0.39, 0.29) is 35.4 Å². The van der Waals surface area contributed by atoms with Gasteiger partial charge in [0.05, 0.1) is 17.2 Å². The molecule has 0 atom stereocenters. The molecule has 0 aliphatic carbocycles. The molecule has 174 valence electrons. The van der Waals surface area contributed by atoms with E-state index in [9.17, 15) is 17.6 Å². The molecule has 0 aliphatic heterocycles. The van der Waals surface area contributed by atoms with E-state index >= 15 is 0 Å². The summed E-state index contributed by atoms with van der Waals surface area (Å²) in [4.78, 5) is 20.3. The molecule has 33 heavy (non-hydrogen) atoms. The maximum atomic E-state index is 13.3. The maximum Gasteiger partial charge on any atom is 0.319 e. The van der Waals surface area contributed by atoms with Gasteiger partial charge >= 0.3 is 6.03 Å². The fourth-order valence-corrected chi connectivity index (χ4v) is 4.46. The van der Waals surface area contributed by atoms with E-state index < -0.39 is 26.4 Å². The topological polar surface area (TPSA) is 147 Å². The first-order valence-electron chi connectivity index (χ1n) is 9.96. The highest BCUT2D eigenvalue weighted by Gasteiger charge is 2.39. The zero-order chi connectivity index (χ0) is 24.2. The third-order valence-electron chi connectivity index (χ3n) is 4.96. The predicted molar refractivity (Wildman–Crippen MR) is 123 cm³/mol. The number of anilines is 2. The second-order valence-corrected chi connectivity index (χ2v) is 10.2. The number of nitrogen functional groups attached to an aromatic ring is 1. The molecule has 0 radical (unpaired) electrons. The molecule has 3 aromatic rings. The Morgan fingerprint density at radius 3 is 2.33 bits per heavy atom. The molecule has 1 aromatic heterocycles. The van der Waals surface area contributed by atoms with Gasteiger partial charge in [-0.1, -0.05) is 0 Å². The Hall–Kier alpha value is -3.57. The highest BCUT2D eigenvalue weighted by Crippen LogP contribution is 2.35. The first-order valence-corrected chi connectivity index (χ1v) is 11.4. The lowest BCUT2D eigenvalue weighted by Crippen LogP contribution is -2.31. The van der Waals surface area contributed by atoms with Crippen molar-refractivity contribution in [3.8, 4) is 11.4 Å². The highest BCUT2D eigenvalue weighted by molar-refractivity contribution is 7.92. The molecule has 0 saturated carbocycles. The first kappa shape index (κ1) is 24.1. The average molecular weight is 474 g/mol. The number of urea groups is 1. The summed E-state index contributed by atoms with van der Waals surface area (Å²) in [6.07, 6.45) is 0. The molecule has 0 aliphatic rings. The van der Waals surface area contributed by atoms with E-state index in [0.29, 0.717) is 11.3 Å². The van der Waals surface area contributed by atoms with Gasteiger partial charge in [-0.2, -0.15) is 0 Å². The van der Waals surface area contributed by atoms with Gasteiger partial charge in [0.25, 0.3) is 0 Å². The van der Waals surface area contributed by atoms with Crippen molar-refractivity contribution in [1.82, 2.24) is 15.3 Å². The number of benzene rings is 2. The fraction of sp³-hybridized carbons (Fsp3) is 0.227. The monoisotopic (exact) mass is 473 g/mol. The number of amides is 2. The van der Waals surface area contributed by atoms with E-state index in [1.165, 1.54) is 32.0 Å². The van der Waals surface area contributed by atoms with E-state index in [1.54, 1.807) is 24.3 Å². The summed E-state index contributed by atoms with van der Waals surface area (Å²) in [6, 6.07) is 12.1. The predicted octanol–water partition coefficient (Wildman–Crippen LogP) is 2.69. The van der Waals surface area contributed by atoms with Crippen molar-refractivity contribution in [2.45, 2.75) is 23.5 Å². The van der Waals surface area contributed by atoms with Crippen LogP contribution < -0.4 is 16.4 Å². The first-order chi connectivity index (χ1) is 15.5. The fourth-order valence-electron chi connectivity index (χ4n) is 3.00. The molecule has 1 heterocycles. The maximum absolute atomic E-state index is 13.3. The largest absolute Gasteiger partial charge is 0.395 e. The van der Waals surface area contributed by atoms with Gasteiger partial charge in [0, 0.05) is 23.9 Å². The second kappa shape index (κ2) is 9.51. The lowest BCUT2D eigenvalue weighted by Gasteiger charge is -2.25. The van der Waals surface area contributed by atoms with Crippen LogP contribution in [-0.4, -0.2) is 42.7 Å². The van der Waals surface area contributed by atoms with Crippen molar-refractivity contribution >= 4 is 27.4 Å². The van der Waals surface area contributed by atoms with E-state index in [2.05, 4.69) is 20.6 Å². The zero-order valence-corrected chi connectivity index (χ0v) is 18.9. The Labute approximate surface area is 190 Å². The third-order valence-corrected chi connectivity index (χ3v) is 7.40. The molecule has 0 saturated heterocycles. The van der Waals surface area contributed by atoms with Crippen LogP contribution in [0.15, 0.2) is 59.5 Å². The number of sulfone groups is 1. The number of rotatable bonds is 7. The van der Waals surface area contributed by atoms with E-state index in [1.807, 2.05) is 0 Å². The number of nitrogens with zero attached hydrogens (tertiary/aromatic N) is 2. The Kier molecular flexibility index (Phi) is 6.94. The highest BCUT2D eigenvalue weighted by atomic mass is 32.2. The minimum Gasteiger partial charge on any atom is -0.395 e. The summed E-state index contributed by atoms with van der Waals surface area (Å²) in [5, 5.41) is 13.8. The quantitative estimate of drug-likeness (QED) is 0.386. The summed E-state index contributed by atoms with van der Waals surface area (Å²) in [5.41, 5.74) is 7.19. The number of hydrogen-bond acceptors (Lipinski definition) is 7. The van der Waals surface area contributed by atoms with Gasteiger partial charge < -0.3 is 21.5 Å². The van der Waals surface area contributed by atoms with Gasteiger partial charge in [-0.25, -0.2) is 27.6 Å². The Morgan fingerprint density at radius 1 is 1.09 bits per heavy atom. The number of carbonyl (C=O) groups excluding carboxylic acids is 1. The van der Waals surface area contributed by atoms with Crippen molar-refractivity contribution in [1.29, 1.82) is 0 Å². The van der Waals surface area contributed by atoms with Crippen molar-refractivity contribution in [3.63, 3.8) is 0 Å². The van der Waals surface area contributed by atoms with Crippen LogP contribution in [0.5, 0.6) is 0 Å². The van der Waals surface area contributed by atoms with Gasteiger partial charge in [0.2, 0.25) is 0 Å². The molecule has 5 N–H and O–H groups in total. The number of aliphatic hydroxyl groups excluding tert-OH is 1. The van der Waals surface area contributed by atoms with Crippen LogP contribution in [0.3, 0.4) is 0 Å². The normalized spacial score (nSPS) is 11.8. The SMILES string of the molecule is CC(C)(c1cc(N)nc(-c2ccc(NC(=O)NCCO)cc2)n1)S(=O)(=O)c1ccc(F)cc1. The molecule has 0 unspecified atom stereocenters. The Morgan fingerprint density at radius 2 is 1.73 bits per heavy atom. The summed E-state index contributed by atoms with van der Waals surface area (Å²) in [5.74, 6) is -0.240.